The molecule has 25 heavy (non-hydrogen) atoms. The zero-order valence-corrected chi connectivity index (χ0v) is 15.0. The Kier molecular flexibility index (Phi) is 5.87. The van der Waals surface area contributed by atoms with E-state index in [-0.39, 0.29) is 5.15 Å². The average molecular weight is 357 g/mol. The number of aromatic nitrogens is 1. The third kappa shape index (κ3) is 4.10. The summed E-state index contributed by atoms with van der Waals surface area (Å²) < 4.78 is 5.10. The molecule has 1 aliphatic rings. The van der Waals surface area contributed by atoms with Crippen LogP contribution in [0.5, 0.6) is 0 Å². The molecule has 1 aliphatic heterocycles. The summed E-state index contributed by atoms with van der Waals surface area (Å²) >= 11 is 6.23. The molecule has 0 radical (unpaired) electrons. The molecule has 130 valence electrons. The van der Waals surface area contributed by atoms with Crippen LogP contribution in [0.2, 0.25) is 5.15 Å². The SMILES string of the molecule is COCCNc1nc(Cl)c(C#N)c2c1CN(Cc1ccccc1)CC2. The van der Waals surface area contributed by atoms with E-state index in [1.54, 1.807) is 7.11 Å². The second kappa shape index (κ2) is 8.30. The Labute approximate surface area is 153 Å². The fraction of sp³-hybridized carbons (Fsp3) is 0.368. The van der Waals surface area contributed by atoms with Gasteiger partial charge >= 0.3 is 0 Å². The van der Waals surface area contributed by atoms with Gasteiger partial charge in [-0.1, -0.05) is 41.9 Å². The first-order chi connectivity index (χ1) is 12.2. The van der Waals surface area contributed by atoms with Crippen molar-refractivity contribution < 1.29 is 4.74 Å². The molecule has 2 heterocycles. The smallest absolute Gasteiger partial charge is 0.149 e. The summed E-state index contributed by atoms with van der Waals surface area (Å²) in [6.07, 6.45) is 0.798. The Balaban J connectivity index is 1.86. The molecule has 0 saturated heterocycles. The maximum Gasteiger partial charge on any atom is 0.149 e. The summed E-state index contributed by atoms with van der Waals surface area (Å²) in [6.45, 7) is 3.76. The van der Waals surface area contributed by atoms with E-state index in [1.165, 1.54) is 5.56 Å². The lowest BCUT2D eigenvalue weighted by Crippen LogP contribution is -2.32. The molecule has 1 N–H and O–H groups in total. The van der Waals surface area contributed by atoms with Gasteiger partial charge in [-0.15, -0.1) is 0 Å². The number of benzene rings is 1. The topological polar surface area (TPSA) is 61.2 Å². The van der Waals surface area contributed by atoms with E-state index in [0.717, 1.165) is 43.0 Å². The molecule has 2 aromatic rings. The number of nitrogens with zero attached hydrogens (tertiary/aromatic N) is 3. The number of nitrogens with one attached hydrogen (secondary N) is 1. The first kappa shape index (κ1) is 17.7. The number of nitriles is 1. The fourth-order valence-electron chi connectivity index (χ4n) is 3.17. The van der Waals surface area contributed by atoms with Gasteiger partial charge in [-0.2, -0.15) is 5.26 Å². The van der Waals surface area contributed by atoms with E-state index in [2.05, 4.69) is 45.5 Å². The summed E-state index contributed by atoms with van der Waals surface area (Å²) in [6, 6.07) is 12.6. The van der Waals surface area contributed by atoms with Crippen molar-refractivity contribution in [1.82, 2.24) is 9.88 Å². The van der Waals surface area contributed by atoms with Crippen molar-refractivity contribution in [1.29, 1.82) is 5.26 Å². The number of pyridine rings is 1. The molecule has 0 atom stereocenters. The van der Waals surface area contributed by atoms with Crippen molar-refractivity contribution >= 4 is 17.4 Å². The van der Waals surface area contributed by atoms with Crippen molar-refractivity contribution in [3.8, 4) is 6.07 Å². The lowest BCUT2D eigenvalue weighted by Gasteiger charge is -2.30. The zero-order valence-electron chi connectivity index (χ0n) is 14.3. The number of rotatable bonds is 6. The van der Waals surface area contributed by atoms with Crippen LogP contribution in [0.15, 0.2) is 30.3 Å². The number of fused-ring (bicyclic) bond motifs is 1. The highest BCUT2D eigenvalue weighted by Crippen LogP contribution is 2.32. The molecule has 1 aromatic heterocycles. The van der Waals surface area contributed by atoms with Crippen molar-refractivity contribution in [2.75, 3.05) is 32.1 Å². The maximum absolute atomic E-state index is 9.45. The number of anilines is 1. The largest absolute Gasteiger partial charge is 0.383 e. The van der Waals surface area contributed by atoms with Gasteiger partial charge in [-0.3, -0.25) is 4.90 Å². The van der Waals surface area contributed by atoms with Gasteiger partial charge in [0.15, 0.2) is 0 Å². The van der Waals surface area contributed by atoms with E-state index in [4.69, 9.17) is 16.3 Å². The van der Waals surface area contributed by atoms with Crippen LogP contribution in [0.3, 0.4) is 0 Å². The molecule has 0 amide bonds. The van der Waals surface area contributed by atoms with Gasteiger partial charge in [-0.05, 0) is 17.5 Å². The molecule has 0 fully saturated rings. The highest BCUT2D eigenvalue weighted by molar-refractivity contribution is 6.30. The van der Waals surface area contributed by atoms with Crippen LogP contribution in [-0.4, -0.2) is 36.7 Å². The number of halogens is 1. The average Bonchev–Trinajstić information content (AvgIpc) is 2.63. The summed E-state index contributed by atoms with van der Waals surface area (Å²) in [7, 11) is 1.66. The summed E-state index contributed by atoms with van der Waals surface area (Å²) in [5, 5.41) is 13.0. The standard InChI is InChI=1S/C19H21ClN4O/c1-25-10-8-22-19-17-13-24(12-14-5-3-2-4-6-14)9-7-15(17)16(11-21)18(20)23-19/h2-6H,7-10,12-13H2,1H3,(H,22,23). The van der Waals surface area contributed by atoms with Crippen molar-refractivity contribution in [2.45, 2.75) is 19.5 Å². The minimum Gasteiger partial charge on any atom is -0.383 e. The van der Waals surface area contributed by atoms with Crippen LogP contribution >= 0.6 is 11.6 Å². The quantitative estimate of drug-likeness (QED) is 0.636. The first-order valence-corrected chi connectivity index (χ1v) is 8.71. The molecule has 0 aliphatic carbocycles. The number of hydrogen-bond acceptors (Lipinski definition) is 5. The van der Waals surface area contributed by atoms with Crippen molar-refractivity contribution in [3.05, 3.63) is 57.7 Å². The van der Waals surface area contributed by atoms with Crippen LogP contribution < -0.4 is 5.32 Å². The van der Waals surface area contributed by atoms with Crippen LogP contribution in [0.4, 0.5) is 5.82 Å². The number of hydrogen-bond donors (Lipinski definition) is 1. The zero-order chi connectivity index (χ0) is 17.6. The molecular formula is C19H21ClN4O. The van der Waals surface area contributed by atoms with Gasteiger partial charge in [0.2, 0.25) is 0 Å². The van der Waals surface area contributed by atoms with Gasteiger partial charge in [0, 0.05) is 38.9 Å². The maximum atomic E-state index is 9.45. The number of methoxy groups -OCH3 is 1. The van der Waals surface area contributed by atoms with E-state index in [9.17, 15) is 5.26 Å². The first-order valence-electron chi connectivity index (χ1n) is 8.33. The Hall–Kier alpha value is -2.13. The van der Waals surface area contributed by atoms with Crippen LogP contribution in [-0.2, 0) is 24.2 Å². The summed E-state index contributed by atoms with van der Waals surface area (Å²) in [5.74, 6) is 0.758. The van der Waals surface area contributed by atoms with Gasteiger partial charge < -0.3 is 10.1 Å². The predicted molar refractivity (Wildman–Crippen MR) is 98.6 cm³/mol. The van der Waals surface area contributed by atoms with Crippen molar-refractivity contribution in [2.24, 2.45) is 0 Å². The van der Waals surface area contributed by atoms with E-state index in [1.807, 2.05) is 6.07 Å². The monoisotopic (exact) mass is 356 g/mol. The predicted octanol–water partition coefficient (Wildman–Crippen LogP) is 3.22. The van der Waals surface area contributed by atoms with Gasteiger partial charge in [0.05, 0.1) is 12.2 Å². The minimum atomic E-state index is 0.276. The third-order valence-electron chi connectivity index (χ3n) is 4.39. The molecule has 3 rings (SSSR count). The highest BCUT2D eigenvalue weighted by Gasteiger charge is 2.25. The van der Waals surface area contributed by atoms with Crippen LogP contribution in [0.1, 0.15) is 22.3 Å². The van der Waals surface area contributed by atoms with E-state index >= 15 is 0 Å². The van der Waals surface area contributed by atoms with Gasteiger partial charge in [0.25, 0.3) is 0 Å². The summed E-state index contributed by atoms with van der Waals surface area (Å²) in [4.78, 5) is 6.79. The second-order valence-corrected chi connectivity index (χ2v) is 6.42. The molecule has 6 heteroatoms. The highest BCUT2D eigenvalue weighted by atomic mass is 35.5. The van der Waals surface area contributed by atoms with Gasteiger partial charge in [-0.25, -0.2) is 4.98 Å². The molecule has 0 saturated carbocycles. The second-order valence-electron chi connectivity index (χ2n) is 6.06. The lowest BCUT2D eigenvalue weighted by atomic mass is 9.96. The number of ether oxygens (including phenoxy) is 1. The molecule has 0 spiro atoms. The normalized spacial score (nSPS) is 14.0. The molecular weight excluding hydrogens is 336 g/mol. The third-order valence-corrected chi connectivity index (χ3v) is 4.66. The summed E-state index contributed by atoms with van der Waals surface area (Å²) in [5.41, 5.74) is 3.88. The molecule has 0 bridgehead atoms. The van der Waals surface area contributed by atoms with E-state index in [0.29, 0.717) is 18.7 Å². The van der Waals surface area contributed by atoms with Crippen LogP contribution in [0.25, 0.3) is 0 Å². The fourth-order valence-corrected chi connectivity index (χ4v) is 3.41. The molecule has 0 unspecified atom stereocenters. The van der Waals surface area contributed by atoms with Crippen molar-refractivity contribution in [3.63, 3.8) is 0 Å². The molecule has 5 nitrogen and oxygen atoms in total. The minimum absolute atomic E-state index is 0.276. The van der Waals surface area contributed by atoms with Gasteiger partial charge in [0.1, 0.15) is 17.0 Å². The Bertz CT molecular complexity index is 773. The Morgan fingerprint density at radius 2 is 2.12 bits per heavy atom. The molecule has 1 aromatic carbocycles. The Morgan fingerprint density at radius 1 is 1.32 bits per heavy atom. The lowest BCUT2D eigenvalue weighted by molar-refractivity contribution is 0.210. The Morgan fingerprint density at radius 3 is 2.84 bits per heavy atom. The van der Waals surface area contributed by atoms with E-state index < -0.39 is 0 Å². The van der Waals surface area contributed by atoms with Crippen LogP contribution in [0, 0.1) is 11.3 Å².